The van der Waals surface area contributed by atoms with Gasteiger partial charge in [-0.2, -0.15) is 0 Å². The van der Waals surface area contributed by atoms with Crippen molar-refractivity contribution in [3.05, 3.63) is 0 Å². The lowest BCUT2D eigenvalue weighted by atomic mass is 9.88. The van der Waals surface area contributed by atoms with E-state index in [1.807, 2.05) is 27.7 Å². The van der Waals surface area contributed by atoms with Crippen LogP contribution in [-0.4, -0.2) is 41.3 Å². The molecule has 0 saturated carbocycles. The SMILES string of the molecule is CCC(CC)(CC)OC(=O)N1CCC(C)(OC(=O)C(C)(C)CC)CC1. The van der Waals surface area contributed by atoms with E-state index in [-0.39, 0.29) is 17.7 Å². The molecule has 1 heterocycles. The Bertz CT molecular complexity index is 452. The Balaban J connectivity index is 2.63. The average Bonchev–Trinajstić information content (AvgIpc) is 2.59. The molecule has 0 N–H and O–H groups in total. The molecular weight excluding hydrogens is 318 g/mol. The Labute approximate surface area is 153 Å². The van der Waals surface area contributed by atoms with Gasteiger partial charge in [0.05, 0.1) is 5.41 Å². The molecule has 0 atom stereocenters. The van der Waals surface area contributed by atoms with Crippen molar-refractivity contribution >= 4 is 12.1 Å². The summed E-state index contributed by atoms with van der Waals surface area (Å²) in [5, 5.41) is 0. The van der Waals surface area contributed by atoms with Crippen LogP contribution in [0.2, 0.25) is 0 Å². The molecule has 0 aliphatic carbocycles. The lowest BCUT2D eigenvalue weighted by Gasteiger charge is -2.41. The fraction of sp³-hybridized carbons (Fsp3) is 0.900. The molecule has 0 aromatic carbocycles. The number of amides is 1. The van der Waals surface area contributed by atoms with Crippen molar-refractivity contribution in [1.29, 1.82) is 0 Å². The van der Waals surface area contributed by atoms with E-state index in [1.54, 1.807) is 4.90 Å². The van der Waals surface area contributed by atoms with Gasteiger partial charge in [-0.1, -0.05) is 27.7 Å². The summed E-state index contributed by atoms with van der Waals surface area (Å²) in [6.07, 6.45) is 4.25. The van der Waals surface area contributed by atoms with E-state index < -0.39 is 11.0 Å². The van der Waals surface area contributed by atoms with Crippen molar-refractivity contribution in [3.8, 4) is 0 Å². The van der Waals surface area contributed by atoms with Crippen molar-refractivity contribution in [2.24, 2.45) is 5.41 Å². The van der Waals surface area contributed by atoms with Crippen molar-refractivity contribution in [3.63, 3.8) is 0 Å². The molecule has 1 fully saturated rings. The van der Waals surface area contributed by atoms with Gasteiger partial charge in [0.2, 0.25) is 0 Å². The maximum atomic E-state index is 12.5. The highest BCUT2D eigenvalue weighted by Crippen LogP contribution is 2.32. The third kappa shape index (κ3) is 5.35. The largest absolute Gasteiger partial charge is 0.459 e. The first-order valence-corrected chi connectivity index (χ1v) is 9.78. The van der Waals surface area contributed by atoms with Gasteiger partial charge in [-0.25, -0.2) is 4.79 Å². The van der Waals surface area contributed by atoms with Gasteiger partial charge < -0.3 is 14.4 Å². The molecule has 0 unspecified atom stereocenters. The van der Waals surface area contributed by atoms with Crippen molar-refractivity contribution in [2.45, 2.75) is 98.2 Å². The normalized spacial score (nSPS) is 18.0. The first-order chi connectivity index (χ1) is 11.6. The zero-order valence-electron chi connectivity index (χ0n) is 17.2. The predicted molar refractivity (Wildman–Crippen MR) is 99.5 cm³/mol. The van der Waals surface area contributed by atoms with Crippen LogP contribution >= 0.6 is 0 Å². The Morgan fingerprint density at radius 3 is 1.84 bits per heavy atom. The Morgan fingerprint density at radius 1 is 0.960 bits per heavy atom. The lowest BCUT2D eigenvalue weighted by molar-refractivity contribution is -0.173. The summed E-state index contributed by atoms with van der Waals surface area (Å²) in [5.41, 5.74) is -1.34. The maximum absolute atomic E-state index is 12.5. The van der Waals surface area contributed by atoms with Crippen LogP contribution in [0.5, 0.6) is 0 Å². The van der Waals surface area contributed by atoms with Crippen LogP contribution < -0.4 is 0 Å². The molecule has 1 aliphatic rings. The molecule has 146 valence electrons. The Hall–Kier alpha value is -1.26. The molecule has 1 rings (SSSR count). The van der Waals surface area contributed by atoms with E-state index in [4.69, 9.17) is 9.47 Å². The number of hydrogen-bond acceptors (Lipinski definition) is 4. The van der Waals surface area contributed by atoms with E-state index in [1.165, 1.54) is 0 Å². The number of nitrogens with zero attached hydrogens (tertiary/aromatic N) is 1. The first-order valence-electron chi connectivity index (χ1n) is 9.78. The second-order valence-corrected chi connectivity index (χ2v) is 8.18. The van der Waals surface area contributed by atoms with Gasteiger partial charge in [0.15, 0.2) is 0 Å². The molecule has 5 nitrogen and oxygen atoms in total. The van der Waals surface area contributed by atoms with Gasteiger partial charge in [-0.3, -0.25) is 4.79 Å². The molecule has 1 saturated heterocycles. The molecule has 0 bridgehead atoms. The third-order valence-electron chi connectivity index (χ3n) is 6.09. The number of carbonyl (C=O) groups excluding carboxylic acids is 2. The quantitative estimate of drug-likeness (QED) is 0.608. The van der Waals surface area contributed by atoms with Crippen LogP contribution in [0.15, 0.2) is 0 Å². The van der Waals surface area contributed by atoms with E-state index in [0.717, 1.165) is 25.7 Å². The highest BCUT2D eigenvalue weighted by atomic mass is 16.6. The summed E-state index contributed by atoms with van der Waals surface area (Å²) in [6, 6.07) is 0. The van der Waals surface area contributed by atoms with Crippen LogP contribution in [0.1, 0.15) is 87.0 Å². The topological polar surface area (TPSA) is 55.8 Å². The zero-order valence-corrected chi connectivity index (χ0v) is 17.2. The van der Waals surface area contributed by atoms with Crippen molar-refractivity contribution in [1.82, 2.24) is 4.90 Å². The summed E-state index contributed by atoms with van der Waals surface area (Å²) in [6.45, 7) is 15.1. The van der Waals surface area contributed by atoms with Crippen LogP contribution in [0, 0.1) is 5.41 Å². The van der Waals surface area contributed by atoms with Crippen LogP contribution in [0.3, 0.4) is 0 Å². The standard InChI is InChI=1S/C20H37NO4/c1-8-18(5,6)16(22)24-19(7)12-14-21(15-13-19)17(23)25-20(9-2,10-3)11-4/h8-15H2,1-7H3. The van der Waals surface area contributed by atoms with Crippen LogP contribution in [0.25, 0.3) is 0 Å². The van der Waals surface area contributed by atoms with E-state index in [9.17, 15) is 9.59 Å². The smallest absolute Gasteiger partial charge is 0.410 e. The number of esters is 1. The third-order valence-corrected chi connectivity index (χ3v) is 6.09. The number of likely N-dealkylation sites (tertiary alicyclic amines) is 1. The Kier molecular flexibility index (Phi) is 7.33. The molecule has 5 heteroatoms. The second-order valence-electron chi connectivity index (χ2n) is 8.18. The summed E-state index contributed by atoms with van der Waals surface area (Å²) in [5.74, 6) is -0.157. The predicted octanol–water partition coefficient (Wildman–Crippen LogP) is 4.93. The molecule has 1 amide bonds. The maximum Gasteiger partial charge on any atom is 0.410 e. The minimum absolute atomic E-state index is 0.157. The monoisotopic (exact) mass is 355 g/mol. The van der Waals surface area contributed by atoms with Gasteiger partial charge in [-0.15, -0.1) is 0 Å². The lowest BCUT2D eigenvalue weighted by Crippen LogP contribution is -2.50. The average molecular weight is 356 g/mol. The number of rotatable bonds is 7. The van der Waals surface area contributed by atoms with Crippen LogP contribution in [0.4, 0.5) is 4.79 Å². The molecular formula is C20H37NO4. The molecule has 0 aromatic rings. The summed E-state index contributed by atoms with van der Waals surface area (Å²) in [4.78, 5) is 26.6. The number of ether oxygens (including phenoxy) is 2. The molecule has 1 aliphatic heterocycles. The molecule has 0 radical (unpaired) electrons. The highest BCUT2D eigenvalue weighted by Gasteiger charge is 2.40. The minimum atomic E-state index is -0.502. The number of hydrogen-bond donors (Lipinski definition) is 0. The summed E-state index contributed by atoms with van der Waals surface area (Å²) in [7, 11) is 0. The minimum Gasteiger partial charge on any atom is -0.459 e. The fourth-order valence-electron chi connectivity index (χ4n) is 2.99. The number of carbonyl (C=O) groups is 2. The van der Waals surface area contributed by atoms with Gasteiger partial charge >= 0.3 is 12.1 Å². The number of piperidine rings is 1. The van der Waals surface area contributed by atoms with Crippen molar-refractivity contribution in [2.75, 3.05) is 13.1 Å². The van der Waals surface area contributed by atoms with E-state index >= 15 is 0 Å². The summed E-state index contributed by atoms with van der Waals surface area (Å²) >= 11 is 0. The van der Waals surface area contributed by atoms with Gasteiger partial charge in [0, 0.05) is 25.9 Å². The highest BCUT2D eigenvalue weighted by molar-refractivity contribution is 5.76. The summed E-state index contributed by atoms with van der Waals surface area (Å²) < 4.78 is 11.6. The van der Waals surface area contributed by atoms with Gasteiger partial charge in [-0.05, 0) is 46.5 Å². The van der Waals surface area contributed by atoms with Crippen LogP contribution in [-0.2, 0) is 14.3 Å². The zero-order chi connectivity index (χ0) is 19.3. The first kappa shape index (κ1) is 21.8. The van der Waals surface area contributed by atoms with Crippen molar-refractivity contribution < 1.29 is 19.1 Å². The van der Waals surface area contributed by atoms with Gasteiger partial charge in [0.25, 0.3) is 0 Å². The molecule has 25 heavy (non-hydrogen) atoms. The van der Waals surface area contributed by atoms with E-state index in [0.29, 0.717) is 25.9 Å². The Morgan fingerprint density at radius 2 is 1.44 bits per heavy atom. The second kappa shape index (κ2) is 8.41. The van der Waals surface area contributed by atoms with Gasteiger partial charge in [0.1, 0.15) is 11.2 Å². The van der Waals surface area contributed by atoms with E-state index in [2.05, 4.69) is 20.8 Å². The molecule has 0 aromatic heterocycles. The molecule has 0 spiro atoms. The fourth-order valence-corrected chi connectivity index (χ4v) is 2.99.